The highest BCUT2D eigenvalue weighted by molar-refractivity contribution is 5.95. The Bertz CT molecular complexity index is 390. The maximum atomic E-state index is 11.8. The summed E-state index contributed by atoms with van der Waals surface area (Å²) in [6, 6.07) is 9.36. The molecule has 0 aliphatic carbocycles. The van der Waals surface area contributed by atoms with Crippen molar-refractivity contribution in [1.82, 2.24) is 0 Å². The van der Waals surface area contributed by atoms with Gasteiger partial charge in [0.1, 0.15) is 0 Å². The van der Waals surface area contributed by atoms with Gasteiger partial charge in [0.15, 0.2) is 5.78 Å². The predicted octanol–water partition coefficient (Wildman–Crippen LogP) is 3.02. The minimum atomic E-state index is -0.362. The first-order valence-electron chi connectivity index (χ1n) is 6.72. The molecule has 19 heavy (non-hydrogen) atoms. The van der Waals surface area contributed by atoms with Crippen LogP contribution in [0.2, 0.25) is 0 Å². The molecule has 0 aromatic heterocycles. The number of Topliss-reactive ketones (excluding diaryl/α,β-unsaturated/α-hetero) is 1. The summed E-state index contributed by atoms with van der Waals surface area (Å²) in [4.78, 5) is 26.6. The van der Waals surface area contributed by atoms with Gasteiger partial charge in [0, 0.05) is 18.4 Å². The van der Waals surface area contributed by atoms with Gasteiger partial charge in [-0.25, -0.2) is 0 Å². The Labute approximate surface area is 113 Å². The Balaban J connectivity index is 2.02. The third kappa shape index (κ3) is 6.72. The monoisotopic (exact) mass is 263 g/mol. The van der Waals surface area contributed by atoms with Gasteiger partial charge in [0.05, 0.1) is 0 Å². The van der Waals surface area contributed by atoms with E-state index in [-0.39, 0.29) is 11.8 Å². The summed E-state index contributed by atoms with van der Waals surface area (Å²) in [5, 5.41) is 0. The van der Waals surface area contributed by atoms with Crippen molar-refractivity contribution >= 4 is 11.8 Å². The lowest BCUT2D eigenvalue weighted by atomic mass is 10.0. The molecule has 1 aromatic carbocycles. The average molecular weight is 263 g/mol. The molecule has 0 fully saturated rings. The predicted molar refractivity (Wildman–Crippen MR) is 73.4 cm³/mol. The molecule has 0 spiro atoms. The second kappa shape index (κ2) is 9.28. The van der Waals surface area contributed by atoms with E-state index in [4.69, 9.17) is 5.90 Å². The molecular formula is C15H21NO3. The first-order valence-corrected chi connectivity index (χ1v) is 6.72. The van der Waals surface area contributed by atoms with Gasteiger partial charge in [-0.15, -0.1) is 0 Å². The zero-order chi connectivity index (χ0) is 13.9. The van der Waals surface area contributed by atoms with Crippen LogP contribution < -0.4 is 5.90 Å². The number of rotatable bonds is 9. The molecule has 0 saturated carbocycles. The molecule has 1 aromatic rings. The standard InChI is InChI=1S/C15H21NO3/c16-19-15(18)12-8-3-1-2-7-11-14(17)13-9-5-4-6-10-13/h4-6,9-10H,1-3,7-8,11-12,16H2. The molecule has 0 bridgehead atoms. The maximum absolute atomic E-state index is 11.8. The molecule has 4 nitrogen and oxygen atoms in total. The third-order valence-corrected chi connectivity index (χ3v) is 3.01. The molecule has 0 unspecified atom stereocenters. The highest BCUT2D eigenvalue weighted by Gasteiger charge is 2.04. The molecule has 0 aliphatic rings. The molecule has 4 heteroatoms. The number of hydrogen-bond acceptors (Lipinski definition) is 4. The summed E-state index contributed by atoms with van der Waals surface area (Å²) in [5.41, 5.74) is 0.785. The van der Waals surface area contributed by atoms with E-state index in [1.807, 2.05) is 30.3 Å². The topological polar surface area (TPSA) is 69.4 Å². The van der Waals surface area contributed by atoms with Gasteiger partial charge in [-0.1, -0.05) is 49.6 Å². The molecule has 0 amide bonds. The van der Waals surface area contributed by atoms with Crippen LogP contribution in [-0.2, 0) is 9.63 Å². The minimum Gasteiger partial charge on any atom is -0.373 e. The molecule has 2 N–H and O–H groups in total. The fourth-order valence-electron chi connectivity index (χ4n) is 1.91. The molecule has 0 heterocycles. The lowest BCUT2D eigenvalue weighted by Gasteiger charge is -2.02. The van der Waals surface area contributed by atoms with Crippen LogP contribution in [0, 0.1) is 0 Å². The normalized spacial score (nSPS) is 10.2. The van der Waals surface area contributed by atoms with Crippen molar-refractivity contribution in [2.45, 2.75) is 44.9 Å². The zero-order valence-corrected chi connectivity index (χ0v) is 11.1. The Morgan fingerprint density at radius 2 is 1.47 bits per heavy atom. The van der Waals surface area contributed by atoms with Crippen LogP contribution in [0.15, 0.2) is 30.3 Å². The average Bonchev–Trinajstić information content (AvgIpc) is 2.46. The van der Waals surface area contributed by atoms with E-state index in [0.29, 0.717) is 12.8 Å². The van der Waals surface area contributed by atoms with E-state index in [0.717, 1.165) is 37.7 Å². The molecule has 0 radical (unpaired) electrons. The number of carbonyl (C=O) groups excluding carboxylic acids is 2. The van der Waals surface area contributed by atoms with Crippen molar-refractivity contribution in [3.05, 3.63) is 35.9 Å². The molecule has 0 aliphatic heterocycles. The second-order valence-electron chi connectivity index (χ2n) is 4.55. The third-order valence-electron chi connectivity index (χ3n) is 3.01. The van der Waals surface area contributed by atoms with Gasteiger partial charge < -0.3 is 4.84 Å². The Hall–Kier alpha value is -1.68. The van der Waals surface area contributed by atoms with Crippen molar-refractivity contribution in [3.8, 4) is 0 Å². The quantitative estimate of drug-likeness (QED) is 0.422. The van der Waals surface area contributed by atoms with Crippen LogP contribution in [0.5, 0.6) is 0 Å². The summed E-state index contributed by atoms with van der Waals surface area (Å²) in [6.07, 6.45) is 5.66. The van der Waals surface area contributed by atoms with Gasteiger partial charge in [0.25, 0.3) is 0 Å². The van der Waals surface area contributed by atoms with E-state index >= 15 is 0 Å². The summed E-state index contributed by atoms with van der Waals surface area (Å²) >= 11 is 0. The number of benzene rings is 1. The van der Waals surface area contributed by atoms with Crippen molar-refractivity contribution in [2.75, 3.05) is 0 Å². The van der Waals surface area contributed by atoms with E-state index in [1.165, 1.54) is 0 Å². The van der Waals surface area contributed by atoms with Crippen LogP contribution in [0.25, 0.3) is 0 Å². The summed E-state index contributed by atoms with van der Waals surface area (Å²) in [6.45, 7) is 0. The first-order chi connectivity index (χ1) is 9.24. The lowest BCUT2D eigenvalue weighted by Crippen LogP contribution is -2.08. The van der Waals surface area contributed by atoms with Crippen LogP contribution in [0.3, 0.4) is 0 Å². The molecule has 1 rings (SSSR count). The van der Waals surface area contributed by atoms with Crippen molar-refractivity contribution in [2.24, 2.45) is 5.90 Å². The Morgan fingerprint density at radius 3 is 2.11 bits per heavy atom. The van der Waals surface area contributed by atoms with Crippen molar-refractivity contribution in [3.63, 3.8) is 0 Å². The van der Waals surface area contributed by atoms with E-state index in [9.17, 15) is 9.59 Å². The van der Waals surface area contributed by atoms with Crippen molar-refractivity contribution < 1.29 is 14.4 Å². The Kier molecular flexibility index (Phi) is 7.51. The first kappa shape index (κ1) is 15.4. The molecule has 0 atom stereocenters. The zero-order valence-electron chi connectivity index (χ0n) is 11.1. The summed E-state index contributed by atoms with van der Waals surface area (Å²) in [5.74, 6) is 4.58. The number of ketones is 1. The van der Waals surface area contributed by atoms with Gasteiger partial charge in [-0.3, -0.25) is 9.59 Å². The Morgan fingerprint density at radius 1 is 0.895 bits per heavy atom. The van der Waals surface area contributed by atoms with E-state index in [1.54, 1.807) is 0 Å². The molecule has 0 saturated heterocycles. The van der Waals surface area contributed by atoms with Gasteiger partial charge >= 0.3 is 5.97 Å². The second-order valence-corrected chi connectivity index (χ2v) is 4.55. The van der Waals surface area contributed by atoms with Gasteiger partial charge in [-0.2, -0.15) is 5.90 Å². The highest BCUT2D eigenvalue weighted by Crippen LogP contribution is 2.10. The minimum absolute atomic E-state index is 0.201. The number of nitrogens with two attached hydrogens (primary N) is 1. The fraction of sp³-hybridized carbons (Fsp3) is 0.467. The van der Waals surface area contributed by atoms with Crippen LogP contribution in [0.1, 0.15) is 55.3 Å². The SMILES string of the molecule is NOC(=O)CCCCCCCC(=O)c1ccccc1. The van der Waals surface area contributed by atoms with Gasteiger partial charge in [-0.05, 0) is 12.8 Å². The van der Waals surface area contributed by atoms with E-state index in [2.05, 4.69) is 4.84 Å². The lowest BCUT2D eigenvalue weighted by molar-refractivity contribution is -0.144. The smallest absolute Gasteiger partial charge is 0.324 e. The highest BCUT2D eigenvalue weighted by atomic mass is 16.7. The van der Waals surface area contributed by atoms with Gasteiger partial charge in [0.2, 0.25) is 0 Å². The number of hydrogen-bond donors (Lipinski definition) is 1. The molecular weight excluding hydrogens is 242 g/mol. The summed E-state index contributed by atoms with van der Waals surface area (Å²) < 4.78 is 0. The van der Waals surface area contributed by atoms with Crippen molar-refractivity contribution in [1.29, 1.82) is 0 Å². The van der Waals surface area contributed by atoms with Crippen LogP contribution in [-0.4, -0.2) is 11.8 Å². The molecule has 104 valence electrons. The summed E-state index contributed by atoms with van der Waals surface area (Å²) in [7, 11) is 0. The fourth-order valence-corrected chi connectivity index (χ4v) is 1.91. The largest absolute Gasteiger partial charge is 0.373 e. The van der Waals surface area contributed by atoms with Crippen LogP contribution in [0.4, 0.5) is 0 Å². The number of carbonyl (C=O) groups is 2. The van der Waals surface area contributed by atoms with E-state index < -0.39 is 0 Å². The van der Waals surface area contributed by atoms with Crippen LogP contribution >= 0.6 is 0 Å². The number of unbranched alkanes of at least 4 members (excludes halogenated alkanes) is 4. The maximum Gasteiger partial charge on any atom is 0.324 e.